The molecular weight excluding hydrogens is 421 g/mol. The third-order valence-electron chi connectivity index (χ3n) is 6.05. The Morgan fingerprint density at radius 3 is 2.47 bits per heavy atom. The fourth-order valence-electron chi connectivity index (χ4n) is 3.70. The van der Waals surface area contributed by atoms with E-state index in [4.69, 9.17) is 19.4 Å². The van der Waals surface area contributed by atoms with E-state index < -0.39 is 10.9 Å². The molecule has 32 heavy (non-hydrogen) atoms. The van der Waals surface area contributed by atoms with Crippen LogP contribution in [0.15, 0.2) is 30.5 Å². The summed E-state index contributed by atoms with van der Waals surface area (Å²) >= 11 is 1.56. The van der Waals surface area contributed by atoms with Gasteiger partial charge >= 0.3 is 0 Å². The van der Waals surface area contributed by atoms with Gasteiger partial charge in [-0.3, -0.25) is 4.98 Å². The molecule has 0 radical (unpaired) electrons. The standard InChI is InChI=1S/C24H28BN3O3S/c1-13-7-16(20-18(8-13)27-14(11-26-20)12-30-5)22-28-21-17(24(25,29)23(2,3)4)9-15(31-6)10-19(21)32-22/h7-11,29H,12,25H2,1-6H3. The largest absolute Gasteiger partial charge is 0.497 e. The summed E-state index contributed by atoms with van der Waals surface area (Å²) in [5.41, 5.74) is 4.45. The fourth-order valence-corrected chi connectivity index (χ4v) is 4.73. The van der Waals surface area contributed by atoms with Gasteiger partial charge in [-0.05, 0) is 42.2 Å². The van der Waals surface area contributed by atoms with Gasteiger partial charge in [-0.2, -0.15) is 0 Å². The Hall–Kier alpha value is -2.55. The number of thiazole rings is 1. The molecule has 0 fully saturated rings. The van der Waals surface area contributed by atoms with Gasteiger partial charge in [0.2, 0.25) is 0 Å². The van der Waals surface area contributed by atoms with E-state index >= 15 is 0 Å². The molecule has 8 heteroatoms. The number of aromatic nitrogens is 3. The summed E-state index contributed by atoms with van der Waals surface area (Å²) in [7, 11) is 5.12. The molecule has 0 aliphatic carbocycles. The highest BCUT2D eigenvalue weighted by Crippen LogP contribution is 2.44. The van der Waals surface area contributed by atoms with Crippen molar-refractivity contribution >= 4 is 40.4 Å². The third-order valence-corrected chi connectivity index (χ3v) is 7.09. The zero-order valence-corrected chi connectivity index (χ0v) is 20.4. The molecule has 0 amide bonds. The molecule has 1 N–H and O–H groups in total. The summed E-state index contributed by atoms with van der Waals surface area (Å²) in [6.45, 7) is 8.52. The van der Waals surface area contributed by atoms with Crippen molar-refractivity contribution in [2.24, 2.45) is 5.41 Å². The van der Waals surface area contributed by atoms with Crippen molar-refractivity contribution < 1.29 is 14.6 Å². The Morgan fingerprint density at radius 1 is 1.06 bits per heavy atom. The second-order valence-electron chi connectivity index (χ2n) is 9.34. The number of aryl methyl sites for hydroxylation is 1. The molecule has 0 saturated heterocycles. The van der Waals surface area contributed by atoms with E-state index in [0.717, 1.165) is 48.6 Å². The topological polar surface area (TPSA) is 77.4 Å². The van der Waals surface area contributed by atoms with Crippen LogP contribution in [0.3, 0.4) is 0 Å². The molecule has 6 nitrogen and oxygen atoms in total. The van der Waals surface area contributed by atoms with Gasteiger partial charge < -0.3 is 14.6 Å². The van der Waals surface area contributed by atoms with Crippen LogP contribution in [0.2, 0.25) is 0 Å². The van der Waals surface area contributed by atoms with Gasteiger partial charge in [-0.25, -0.2) is 9.97 Å². The number of aliphatic hydroxyl groups is 1. The van der Waals surface area contributed by atoms with Crippen molar-refractivity contribution in [2.75, 3.05) is 14.2 Å². The first-order valence-corrected chi connectivity index (χ1v) is 11.3. The van der Waals surface area contributed by atoms with Crippen LogP contribution >= 0.6 is 11.3 Å². The number of rotatable bonds is 5. The van der Waals surface area contributed by atoms with Gasteiger partial charge in [0.15, 0.2) is 0 Å². The van der Waals surface area contributed by atoms with Gasteiger partial charge in [0.1, 0.15) is 18.6 Å². The van der Waals surface area contributed by atoms with E-state index in [1.165, 1.54) is 0 Å². The summed E-state index contributed by atoms with van der Waals surface area (Å²) in [5.74, 6) is 0.699. The number of nitrogens with zero attached hydrogens (tertiary/aromatic N) is 3. The molecule has 2 aromatic carbocycles. The predicted octanol–water partition coefficient (Wildman–Crippen LogP) is 4.19. The van der Waals surface area contributed by atoms with E-state index in [9.17, 15) is 5.11 Å². The molecule has 1 unspecified atom stereocenters. The van der Waals surface area contributed by atoms with Gasteiger partial charge in [0.25, 0.3) is 0 Å². The van der Waals surface area contributed by atoms with Crippen molar-refractivity contribution in [3.05, 3.63) is 47.3 Å². The average Bonchev–Trinajstić information content (AvgIpc) is 3.15. The number of hydrogen-bond acceptors (Lipinski definition) is 7. The lowest BCUT2D eigenvalue weighted by Crippen LogP contribution is -2.40. The van der Waals surface area contributed by atoms with E-state index in [-0.39, 0.29) is 0 Å². The van der Waals surface area contributed by atoms with E-state index in [1.54, 1.807) is 31.8 Å². The first-order chi connectivity index (χ1) is 15.0. The Morgan fingerprint density at radius 2 is 1.81 bits per heavy atom. The number of hydrogen-bond donors (Lipinski definition) is 1. The summed E-state index contributed by atoms with van der Waals surface area (Å²) < 4.78 is 11.7. The molecule has 0 aliphatic heterocycles. The number of benzene rings is 2. The Balaban J connectivity index is 1.97. The van der Waals surface area contributed by atoms with Crippen molar-refractivity contribution in [1.29, 1.82) is 0 Å². The van der Waals surface area contributed by atoms with Crippen molar-refractivity contribution in [2.45, 2.75) is 39.8 Å². The zero-order chi connectivity index (χ0) is 23.3. The third kappa shape index (κ3) is 3.87. The zero-order valence-electron chi connectivity index (χ0n) is 19.6. The monoisotopic (exact) mass is 449 g/mol. The van der Waals surface area contributed by atoms with Gasteiger partial charge in [0.05, 0.1) is 52.4 Å². The van der Waals surface area contributed by atoms with Crippen LogP contribution in [0.1, 0.15) is 37.6 Å². The molecule has 0 bridgehead atoms. The molecule has 1 atom stereocenters. The number of ether oxygens (including phenoxy) is 2. The summed E-state index contributed by atoms with van der Waals surface area (Å²) in [6.07, 6.45) is 1.75. The minimum absolute atomic E-state index is 0.394. The molecule has 166 valence electrons. The molecule has 2 aromatic heterocycles. The maximum Gasteiger partial charge on any atom is 0.149 e. The summed E-state index contributed by atoms with van der Waals surface area (Å²) in [5, 5.41) is 12.3. The minimum Gasteiger partial charge on any atom is -0.497 e. The first-order valence-electron chi connectivity index (χ1n) is 10.5. The van der Waals surface area contributed by atoms with Crippen LogP contribution in [0, 0.1) is 12.3 Å². The first kappa shape index (κ1) is 22.6. The molecule has 0 spiro atoms. The summed E-state index contributed by atoms with van der Waals surface area (Å²) in [4.78, 5) is 14.4. The average molecular weight is 449 g/mol. The SMILES string of the molecule is BC(O)(c1cc(OC)cc2sc(-c3cc(C)cc4nc(COC)cnc34)nc12)C(C)(C)C. The fraction of sp³-hybridized carbons (Fsp3) is 0.375. The lowest BCUT2D eigenvalue weighted by atomic mass is 9.60. The smallest absolute Gasteiger partial charge is 0.149 e. The Kier molecular flexibility index (Phi) is 5.73. The maximum atomic E-state index is 11.5. The van der Waals surface area contributed by atoms with Gasteiger partial charge in [-0.1, -0.05) is 20.8 Å². The molecule has 0 aliphatic rings. The number of methoxy groups -OCH3 is 2. The molecule has 4 aromatic rings. The Labute approximate surface area is 193 Å². The van der Waals surface area contributed by atoms with Crippen molar-refractivity contribution in [3.8, 4) is 16.3 Å². The molecular formula is C24H28BN3O3S. The maximum absolute atomic E-state index is 11.5. The normalized spacial score (nSPS) is 14.1. The number of fused-ring (bicyclic) bond motifs is 2. The van der Waals surface area contributed by atoms with Crippen LogP contribution in [-0.2, 0) is 16.8 Å². The second kappa shape index (κ2) is 8.10. The highest BCUT2D eigenvalue weighted by Gasteiger charge is 2.39. The second-order valence-corrected chi connectivity index (χ2v) is 10.4. The minimum atomic E-state index is -1.10. The lowest BCUT2D eigenvalue weighted by molar-refractivity contribution is 0.0167. The van der Waals surface area contributed by atoms with Crippen LogP contribution in [0.4, 0.5) is 0 Å². The lowest BCUT2D eigenvalue weighted by Gasteiger charge is -2.38. The molecule has 4 rings (SSSR count). The molecule has 2 heterocycles. The van der Waals surface area contributed by atoms with E-state index in [0.29, 0.717) is 12.4 Å². The highest BCUT2D eigenvalue weighted by atomic mass is 32.1. The predicted molar refractivity (Wildman–Crippen MR) is 132 cm³/mol. The van der Waals surface area contributed by atoms with Gasteiger partial charge in [-0.15, -0.1) is 11.3 Å². The van der Waals surface area contributed by atoms with E-state index in [1.807, 2.05) is 53.7 Å². The van der Waals surface area contributed by atoms with E-state index in [2.05, 4.69) is 11.1 Å². The Bertz CT molecular complexity index is 1310. The summed E-state index contributed by atoms with van der Waals surface area (Å²) in [6, 6.07) is 7.97. The van der Waals surface area contributed by atoms with Crippen LogP contribution in [-0.4, -0.2) is 42.1 Å². The quantitative estimate of drug-likeness (QED) is 0.461. The van der Waals surface area contributed by atoms with Crippen LogP contribution in [0.5, 0.6) is 5.75 Å². The van der Waals surface area contributed by atoms with Crippen molar-refractivity contribution in [3.63, 3.8) is 0 Å². The van der Waals surface area contributed by atoms with Gasteiger partial charge in [0, 0.05) is 18.2 Å². The van der Waals surface area contributed by atoms with Crippen molar-refractivity contribution in [1.82, 2.24) is 15.0 Å². The van der Waals surface area contributed by atoms with Crippen LogP contribution < -0.4 is 4.74 Å². The highest BCUT2D eigenvalue weighted by molar-refractivity contribution is 7.21. The van der Waals surface area contributed by atoms with Crippen LogP contribution in [0.25, 0.3) is 31.8 Å². The molecule has 0 saturated carbocycles.